The standard InChI is InChI=1S/C21H17FN4O6S/c1-30-12-7-9-16(17(11-12)31-2)23-21(27)13-5-3-4-6-15(13)26-33(28,29)18-10-8-14(22)19-20(18)25-32-24-19/h3-11,26H,1-2H3,(H,23,27). The minimum Gasteiger partial charge on any atom is -0.497 e. The summed E-state index contributed by atoms with van der Waals surface area (Å²) in [5.41, 5.74) is -0.204. The number of nitrogens with one attached hydrogen (secondary N) is 2. The van der Waals surface area contributed by atoms with E-state index in [0.717, 1.165) is 12.1 Å². The van der Waals surface area contributed by atoms with Crippen molar-refractivity contribution in [1.82, 2.24) is 10.3 Å². The Hall–Kier alpha value is -4.19. The van der Waals surface area contributed by atoms with Crippen LogP contribution in [-0.2, 0) is 10.0 Å². The number of benzene rings is 3. The number of nitrogens with zero attached hydrogens (tertiary/aromatic N) is 2. The summed E-state index contributed by atoms with van der Waals surface area (Å²) < 4.78 is 57.1. The van der Waals surface area contributed by atoms with Crippen molar-refractivity contribution in [3.8, 4) is 11.5 Å². The predicted molar refractivity (Wildman–Crippen MR) is 117 cm³/mol. The van der Waals surface area contributed by atoms with Crippen molar-refractivity contribution in [1.29, 1.82) is 0 Å². The van der Waals surface area contributed by atoms with E-state index in [1.807, 2.05) is 0 Å². The molecule has 4 aromatic rings. The number of aromatic nitrogens is 2. The lowest BCUT2D eigenvalue weighted by molar-refractivity contribution is 0.102. The summed E-state index contributed by atoms with van der Waals surface area (Å²) >= 11 is 0. The zero-order valence-corrected chi connectivity index (χ0v) is 18.1. The van der Waals surface area contributed by atoms with Crippen LogP contribution in [-0.4, -0.2) is 38.9 Å². The Morgan fingerprint density at radius 3 is 2.48 bits per heavy atom. The van der Waals surface area contributed by atoms with Gasteiger partial charge in [-0.2, -0.15) is 0 Å². The second-order valence-corrected chi connectivity index (χ2v) is 8.33. The molecular weight excluding hydrogens is 455 g/mol. The van der Waals surface area contributed by atoms with Gasteiger partial charge >= 0.3 is 0 Å². The molecule has 0 aliphatic carbocycles. The molecule has 10 nitrogen and oxygen atoms in total. The van der Waals surface area contributed by atoms with Crippen molar-refractivity contribution in [2.75, 3.05) is 24.3 Å². The lowest BCUT2D eigenvalue weighted by Crippen LogP contribution is -2.19. The van der Waals surface area contributed by atoms with Crippen LogP contribution in [0.5, 0.6) is 11.5 Å². The SMILES string of the molecule is COc1ccc(NC(=O)c2ccccc2NS(=O)(=O)c2ccc(F)c3nonc23)c(OC)c1. The molecule has 0 fully saturated rings. The summed E-state index contributed by atoms with van der Waals surface area (Å²) in [5.74, 6) is -0.485. The van der Waals surface area contributed by atoms with E-state index in [-0.39, 0.29) is 27.2 Å². The summed E-state index contributed by atoms with van der Waals surface area (Å²) in [5, 5.41) is 9.55. The zero-order chi connectivity index (χ0) is 23.6. The Bertz CT molecular complexity index is 1450. The molecule has 3 aromatic carbocycles. The molecule has 0 unspecified atom stereocenters. The maximum absolute atomic E-state index is 13.9. The quantitative estimate of drug-likeness (QED) is 0.418. The van der Waals surface area contributed by atoms with Crippen molar-refractivity contribution in [2.45, 2.75) is 4.90 Å². The van der Waals surface area contributed by atoms with Gasteiger partial charge in [-0.25, -0.2) is 17.4 Å². The summed E-state index contributed by atoms with van der Waals surface area (Å²) in [4.78, 5) is 12.6. The van der Waals surface area contributed by atoms with Crippen LogP contribution in [0, 0.1) is 5.82 Å². The van der Waals surface area contributed by atoms with Crippen LogP contribution in [0.25, 0.3) is 11.0 Å². The minimum atomic E-state index is -4.28. The van der Waals surface area contributed by atoms with Gasteiger partial charge in [0, 0.05) is 6.07 Å². The molecule has 12 heteroatoms. The number of amides is 1. The van der Waals surface area contributed by atoms with Crippen LogP contribution < -0.4 is 19.5 Å². The molecule has 2 N–H and O–H groups in total. The monoisotopic (exact) mass is 472 g/mol. The van der Waals surface area contributed by atoms with E-state index in [9.17, 15) is 17.6 Å². The number of hydrogen-bond acceptors (Lipinski definition) is 8. The molecule has 1 amide bonds. The van der Waals surface area contributed by atoms with Crippen LogP contribution in [0.2, 0.25) is 0 Å². The van der Waals surface area contributed by atoms with Gasteiger partial charge in [-0.05, 0) is 46.7 Å². The molecule has 0 saturated heterocycles. The Morgan fingerprint density at radius 1 is 0.970 bits per heavy atom. The van der Waals surface area contributed by atoms with Gasteiger partial charge in [0.25, 0.3) is 15.9 Å². The molecule has 0 atom stereocenters. The maximum atomic E-state index is 13.9. The Morgan fingerprint density at radius 2 is 1.73 bits per heavy atom. The molecule has 0 bridgehead atoms. The van der Waals surface area contributed by atoms with E-state index in [1.54, 1.807) is 30.3 Å². The van der Waals surface area contributed by atoms with E-state index >= 15 is 0 Å². The summed E-state index contributed by atoms with van der Waals surface area (Å²) in [6.07, 6.45) is 0. The lowest BCUT2D eigenvalue weighted by atomic mass is 10.1. The number of hydrogen-bond donors (Lipinski definition) is 2. The number of rotatable bonds is 7. The van der Waals surface area contributed by atoms with Crippen LogP contribution in [0.15, 0.2) is 64.1 Å². The van der Waals surface area contributed by atoms with Crippen molar-refractivity contribution in [3.63, 3.8) is 0 Å². The van der Waals surface area contributed by atoms with Gasteiger partial charge in [0.05, 0.1) is 31.2 Å². The van der Waals surface area contributed by atoms with Crippen molar-refractivity contribution >= 4 is 38.3 Å². The Labute approximate surface area is 187 Å². The van der Waals surface area contributed by atoms with Crippen LogP contribution in [0.3, 0.4) is 0 Å². The molecule has 0 aliphatic heterocycles. The summed E-state index contributed by atoms with van der Waals surface area (Å²) in [7, 11) is -1.34. The number of para-hydroxylation sites is 1. The fourth-order valence-corrected chi connectivity index (χ4v) is 4.30. The first kappa shape index (κ1) is 22.0. The summed E-state index contributed by atoms with van der Waals surface area (Å²) in [6.45, 7) is 0. The van der Waals surface area contributed by atoms with Gasteiger partial charge in [0.1, 0.15) is 16.4 Å². The van der Waals surface area contributed by atoms with Gasteiger partial charge in [-0.3, -0.25) is 9.52 Å². The molecule has 1 heterocycles. The summed E-state index contributed by atoms with van der Waals surface area (Å²) in [6, 6.07) is 12.8. The first-order valence-corrected chi connectivity index (χ1v) is 10.9. The highest BCUT2D eigenvalue weighted by Crippen LogP contribution is 2.31. The second-order valence-electron chi connectivity index (χ2n) is 6.68. The molecule has 0 saturated carbocycles. The zero-order valence-electron chi connectivity index (χ0n) is 17.3. The van der Waals surface area contributed by atoms with Crippen molar-refractivity contribution < 1.29 is 31.7 Å². The fraction of sp³-hybridized carbons (Fsp3) is 0.0952. The highest BCUT2D eigenvalue weighted by molar-refractivity contribution is 7.93. The van der Waals surface area contributed by atoms with E-state index < -0.39 is 21.7 Å². The van der Waals surface area contributed by atoms with Crippen LogP contribution >= 0.6 is 0 Å². The third-order valence-electron chi connectivity index (χ3n) is 4.69. The third kappa shape index (κ3) is 4.28. The number of anilines is 2. The first-order chi connectivity index (χ1) is 15.8. The normalized spacial score (nSPS) is 11.2. The highest BCUT2D eigenvalue weighted by Gasteiger charge is 2.25. The average Bonchev–Trinajstić information content (AvgIpc) is 3.30. The number of carbonyl (C=O) groups is 1. The molecule has 33 heavy (non-hydrogen) atoms. The lowest BCUT2D eigenvalue weighted by Gasteiger charge is -2.15. The number of sulfonamides is 1. The third-order valence-corrected chi connectivity index (χ3v) is 6.09. The Kier molecular flexibility index (Phi) is 5.84. The van der Waals surface area contributed by atoms with Gasteiger partial charge in [-0.1, -0.05) is 12.1 Å². The van der Waals surface area contributed by atoms with Crippen LogP contribution in [0.1, 0.15) is 10.4 Å². The second kappa shape index (κ2) is 8.74. The largest absolute Gasteiger partial charge is 0.497 e. The number of ether oxygens (including phenoxy) is 2. The fourth-order valence-electron chi connectivity index (χ4n) is 3.09. The topological polar surface area (TPSA) is 133 Å². The van der Waals surface area contributed by atoms with E-state index in [0.29, 0.717) is 17.2 Å². The van der Waals surface area contributed by atoms with E-state index in [2.05, 4.69) is 25.0 Å². The molecule has 4 rings (SSSR count). The van der Waals surface area contributed by atoms with Gasteiger partial charge < -0.3 is 14.8 Å². The number of fused-ring (bicyclic) bond motifs is 1. The van der Waals surface area contributed by atoms with Gasteiger partial charge in [0.15, 0.2) is 16.9 Å². The number of methoxy groups -OCH3 is 2. The molecule has 1 aromatic heterocycles. The Balaban J connectivity index is 1.66. The molecule has 0 spiro atoms. The maximum Gasteiger partial charge on any atom is 0.264 e. The van der Waals surface area contributed by atoms with Gasteiger partial charge in [-0.15, -0.1) is 0 Å². The highest BCUT2D eigenvalue weighted by atomic mass is 32.2. The molecule has 170 valence electrons. The van der Waals surface area contributed by atoms with Crippen LogP contribution in [0.4, 0.5) is 15.8 Å². The van der Waals surface area contributed by atoms with Crippen molar-refractivity contribution in [3.05, 3.63) is 66.0 Å². The molecular formula is C21H17FN4O6S. The molecule has 0 aliphatic rings. The van der Waals surface area contributed by atoms with Crippen molar-refractivity contribution in [2.24, 2.45) is 0 Å². The van der Waals surface area contributed by atoms with E-state index in [1.165, 1.54) is 26.4 Å². The smallest absolute Gasteiger partial charge is 0.264 e. The van der Waals surface area contributed by atoms with E-state index in [4.69, 9.17) is 9.47 Å². The number of halogens is 1. The minimum absolute atomic E-state index is 0.00333. The predicted octanol–water partition coefficient (Wildman–Crippen LogP) is 3.43. The average molecular weight is 472 g/mol. The molecule has 0 radical (unpaired) electrons. The first-order valence-electron chi connectivity index (χ1n) is 9.40. The van der Waals surface area contributed by atoms with Gasteiger partial charge in [0.2, 0.25) is 0 Å². The number of carbonyl (C=O) groups excluding carboxylic acids is 1.